The summed E-state index contributed by atoms with van der Waals surface area (Å²) in [5, 5.41) is 3.99. The van der Waals surface area contributed by atoms with E-state index >= 15 is 0 Å². The van der Waals surface area contributed by atoms with Gasteiger partial charge in [-0.1, -0.05) is 6.92 Å². The van der Waals surface area contributed by atoms with E-state index in [9.17, 15) is 0 Å². The maximum atomic E-state index is 5.85. The van der Waals surface area contributed by atoms with Gasteiger partial charge in [0, 0.05) is 12.5 Å². The van der Waals surface area contributed by atoms with Crippen LogP contribution in [-0.4, -0.2) is 19.8 Å². The van der Waals surface area contributed by atoms with E-state index in [2.05, 4.69) is 12.2 Å². The average Bonchev–Trinajstić information content (AvgIpc) is 2.78. The van der Waals surface area contributed by atoms with Crippen molar-refractivity contribution in [3.63, 3.8) is 0 Å². The summed E-state index contributed by atoms with van der Waals surface area (Å²) >= 11 is 5.85. The van der Waals surface area contributed by atoms with Crippen LogP contribution in [0.5, 0.6) is 0 Å². The van der Waals surface area contributed by atoms with Gasteiger partial charge in [-0.15, -0.1) is 0 Å². The lowest BCUT2D eigenvalue weighted by Gasteiger charge is -2.29. The molecule has 0 bridgehead atoms. The van der Waals surface area contributed by atoms with Gasteiger partial charge >= 0.3 is 0 Å². The van der Waals surface area contributed by atoms with E-state index < -0.39 is 0 Å². The molecule has 4 heteroatoms. The van der Waals surface area contributed by atoms with E-state index in [1.165, 1.54) is 6.42 Å². The molecule has 1 aromatic heterocycles. The minimum Gasteiger partial charge on any atom is -0.448 e. The van der Waals surface area contributed by atoms with Crippen molar-refractivity contribution in [2.24, 2.45) is 5.92 Å². The molecule has 0 amide bonds. The van der Waals surface area contributed by atoms with Crippen molar-refractivity contribution < 1.29 is 9.15 Å². The second kappa shape index (κ2) is 6.43. The first-order chi connectivity index (χ1) is 8.31. The van der Waals surface area contributed by atoms with Crippen LogP contribution >= 0.6 is 11.6 Å². The van der Waals surface area contributed by atoms with Crippen molar-refractivity contribution in [1.29, 1.82) is 0 Å². The zero-order valence-electron chi connectivity index (χ0n) is 10.2. The number of hydrogen-bond donors (Lipinski definition) is 1. The molecule has 0 aromatic carbocycles. The highest BCUT2D eigenvalue weighted by Crippen LogP contribution is 2.31. The fourth-order valence-corrected chi connectivity index (χ4v) is 2.48. The van der Waals surface area contributed by atoms with Crippen molar-refractivity contribution >= 4 is 11.6 Å². The molecular weight excluding hydrogens is 238 g/mol. The van der Waals surface area contributed by atoms with Gasteiger partial charge in [0.25, 0.3) is 0 Å². The Kier molecular flexibility index (Phi) is 4.89. The molecule has 2 rings (SSSR count). The molecule has 1 fully saturated rings. The number of nitrogens with one attached hydrogen (secondary N) is 1. The number of furan rings is 1. The summed E-state index contributed by atoms with van der Waals surface area (Å²) in [6.45, 7) is 4.84. The molecule has 1 aliphatic rings. The Morgan fingerprint density at radius 2 is 2.41 bits per heavy atom. The maximum absolute atomic E-state index is 5.85. The standard InChI is InChI=1S/C13H20ClNO2/c1-2-7-15-13(10-4-3-8-16-9-10)11-5-6-12(14)17-11/h5-6,10,13,15H,2-4,7-9H2,1H3. The van der Waals surface area contributed by atoms with E-state index in [1.807, 2.05) is 6.07 Å². The van der Waals surface area contributed by atoms with Crippen LogP contribution < -0.4 is 5.32 Å². The third-order valence-electron chi connectivity index (χ3n) is 3.18. The zero-order valence-corrected chi connectivity index (χ0v) is 11.0. The SMILES string of the molecule is CCCNC(c1ccc(Cl)o1)C1CCCOC1. The molecular formula is C13H20ClNO2. The normalized spacial score (nSPS) is 22.6. The van der Waals surface area contributed by atoms with E-state index in [0.717, 1.165) is 38.4 Å². The monoisotopic (exact) mass is 257 g/mol. The van der Waals surface area contributed by atoms with Gasteiger partial charge < -0.3 is 14.5 Å². The van der Waals surface area contributed by atoms with Crippen LogP contribution in [0.4, 0.5) is 0 Å². The van der Waals surface area contributed by atoms with Crippen LogP contribution in [0.1, 0.15) is 38.0 Å². The molecule has 0 aliphatic carbocycles. The summed E-state index contributed by atoms with van der Waals surface area (Å²) in [6, 6.07) is 3.99. The van der Waals surface area contributed by atoms with Crippen molar-refractivity contribution in [1.82, 2.24) is 5.32 Å². The number of ether oxygens (including phenoxy) is 1. The van der Waals surface area contributed by atoms with Gasteiger partial charge in [0.15, 0.2) is 5.22 Å². The lowest BCUT2D eigenvalue weighted by atomic mass is 9.92. The second-order valence-corrected chi connectivity index (χ2v) is 4.92. The van der Waals surface area contributed by atoms with Gasteiger partial charge in [0.2, 0.25) is 0 Å². The van der Waals surface area contributed by atoms with Crippen molar-refractivity contribution in [3.8, 4) is 0 Å². The van der Waals surface area contributed by atoms with Crippen LogP contribution in [0.3, 0.4) is 0 Å². The number of halogens is 1. The number of hydrogen-bond acceptors (Lipinski definition) is 3. The molecule has 2 atom stereocenters. The second-order valence-electron chi connectivity index (χ2n) is 4.55. The Balaban J connectivity index is 2.06. The summed E-state index contributed by atoms with van der Waals surface area (Å²) in [5.74, 6) is 1.41. The smallest absolute Gasteiger partial charge is 0.193 e. The minimum absolute atomic E-state index is 0.225. The quantitative estimate of drug-likeness (QED) is 0.878. The Bertz CT molecular complexity index is 334. The highest BCUT2D eigenvalue weighted by atomic mass is 35.5. The van der Waals surface area contributed by atoms with Gasteiger partial charge in [0.05, 0.1) is 12.6 Å². The predicted molar refractivity (Wildman–Crippen MR) is 68.3 cm³/mol. The first-order valence-corrected chi connectivity index (χ1v) is 6.75. The molecule has 0 radical (unpaired) electrons. The van der Waals surface area contributed by atoms with Gasteiger partial charge in [-0.3, -0.25) is 0 Å². The highest BCUT2D eigenvalue weighted by Gasteiger charge is 2.27. The average molecular weight is 258 g/mol. The molecule has 1 aliphatic heterocycles. The van der Waals surface area contributed by atoms with E-state index in [1.54, 1.807) is 6.07 Å². The van der Waals surface area contributed by atoms with E-state index in [-0.39, 0.29) is 6.04 Å². The molecule has 1 N–H and O–H groups in total. The fraction of sp³-hybridized carbons (Fsp3) is 0.692. The summed E-state index contributed by atoms with van der Waals surface area (Å²) in [4.78, 5) is 0. The van der Waals surface area contributed by atoms with Gasteiger partial charge in [0.1, 0.15) is 5.76 Å². The van der Waals surface area contributed by atoms with Crippen molar-refractivity contribution in [2.75, 3.05) is 19.8 Å². The summed E-state index contributed by atoms with van der Waals surface area (Å²) in [5.41, 5.74) is 0. The molecule has 96 valence electrons. The predicted octanol–water partition coefficient (Wildman–Crippen LogP) is 3.40. The Hall–Kier alpha value is -0.510. The Morgan fingerprint density at radius 3 is 3.00 bits per heavy atom. The fourth-order valence-electron chi connectivity index (χ4n) is 2.32. The van der Waals surface area contributed by atoms with Gasteiger partial charge in [-0.25, -0.2) is 0 Å². The first-order valence-electron chi connectivity index (χ1n) is 6.37. The third-order valence-corrected chi connectivity index (χ3v) is 3.38. The largest absolute Gasteiger partial charge is 0.448 e. The van der Waals surface area contributed by atoms with E-state index in [4.69, 9.17) is 20.8 Å². The van der Waals surface area contributed by atoms with Gasteiger partial charge in [-0.2, -0.15) is 0 Å². The van der Waals surface area contributed by atoms with Gasteiger partial charge in [-0.05, 0) is 49.5 Å². The lowest BCUT2D eigenvalue weighted by Crippen LogP contribution is -2.33. The highest BCUT2D eigenvalue weighted by molar-refractivity contribution is 6.28. The minimum atomic E-state index is 0.225. The third kappa shape index (κ3) is 3.47. The molecule has 2 heterocycles. The molecule has 1 saturated heterocycles. The van der Waals surface area contributed by atoms with Crippen molar-refractivity contribution in [3.05, 3.63) is 23.1 Å². The molecule has 2 unspecified atom stereocenters. The lowest BCUT2D eigenvalue weighted by molar-refractivity contribution is 0.0356. The van der Waals surface area contributed by atoms with Crippen LogP contribution in [0, 0.1) is 5.92 Å². The van der Waals surface area contributed by atoms with E-state index in [0.29, 0.717) is 11.1 Å². The molecule has 1 aromatic rings. The number of rotatable bonds is 5. The zero-order chi connectivity index (χ0) is 12.1. The van der Waals surface area contributed by atoms with Crippen LogP contribution in [0.25, 0.3) is 0 Å². The molecule has 0 saturated carbocycles. The van der Waals surface area contributed by atoms with Crippen LogP contribution in [-0.2, 0) is 4.74 Å². The summed E-state index contributed by atoms with van der Waals surface area (Å²) in [6.07, 6.45) is 3.42. The molecule has 3 nitrogen and oxygen atoms in total. The molecule has 17 heavy (non-hydrogen) atoms. The Morgan fingerprint density at radius 1 is 1.53 bits per heavy atom. The Labute approximate surface area is 107 Å². The molecule has 0 spiro atoms. The maximum Gasteiger partial charge on any atom is 0.193 e. The summed E-state index contributed by atoms with van der Waals surface area (Å²) in [7, 11) is 0. The summed E-state index contributed by atoms with van der Waals surface area (Å²) < 4.78 is 11.1. The van der Waals surface area contributed by atoms with Crippen molar-refractivity contribution in [2.45, 2.75) is 32.2 Å². The van der Waals surface area contributed by atoms with Crippen LogP contribution in [0.2, 0.25) is 5.22 Å². The first kappa shape index (κ1) is 12.9. The van der Waals surface area contributed by atoms with Crippen LogP contribution in [0.15, 0.2) is 16.5 Å². The topological polar surface area (TPSA) is 34.4 Å².